The minimum Gasteiger partial charge on any atom is -0.372 e. The van der Waals surface area contributed by atoms with Crippen molar-refractivity contribution in [2.75, 3.05) is 41.4 Å². The maximum atomic E-state index is 12.6. The van der Waals surface area contributed by atoms with Crippen molar-refractivity contribution in [3.8, 4) is 0 Å². The summed E-state index contributed by atoms with van der Waals surface area (Å²) in [7, 11) is -3.01. The molecule has 2 aliphatic rings. The van der Waals surface area contributed by atoms with Crippen LogP contribution in [0.25, 0.3) is 0 Å². The Morgan fingerprint density at radius 2 is 1.85 bits per heavy atom. The van der Waals surface area contributed by atoms with Gasteiger partial charge in [0.25, 0.3) is 0 Å². The zero-order valence-corrected chi connectivity index (χ0v) is 16.5. The monoisotopic (exact) mass is 379 g/mol. The number of nitrogens with zero attached hydrogens (tertiary/aromatic N) is 2. The van der Waals surface area contributed by atoms with Gasteiger partial charge < -0.3 is 15.1 Å². The van der Waals surface area contributed by atoms with E-state index in [9.17, 15) is 13.2 Å². The van der Waals surface area contributed by atoms with Crippen molar-refractivity contribution in [2.24, 2.45) is 5.92 Å². The molecule has 7 heteroatoms. The van der Waals surface area contributed by atoms with E-state index in [1.807, 2.05) is 31.2 Å². The first-order valence-electron chi connectivity index (χ1n) is 9.51. The Kier molecular flexibility index (Phi) is 5.75. The van der Waals surface area contributed by atoms with Gasteiger partial charge in [0, 0.05) is 37.1 Å². The number of carbonyl (C=O) groups excluding carboxylic acids is 1. The first-order chi connectivity index (χ1) is 12.4. The Hall–Kier alpha value is -1.76. The number of amides is 2. The number of urea groups is 1. The molecule has 1 unspecified atom stereocenters. The van der Waals surface area contributed by atoms with E-state index in [1.54, 1.807) is 4.90 Å². The average molecular weight is 380 g/mol. The van der Waals surface area contributed by atoms with E-state index >= 15 is 0 Å². The maximum Gasteiger partial charge on any atom is 0.322 e. The van der Waals surface area contributed by atoms with Crippen LogP contribution in [0.2, 0.25) is 0 Å². The molecular weight excluding hydrogens is 350 g/mol. The molecule has 2 aliphatic heterocycles. The second-order valence-corrected chi connectivity index (χ2v) is 9.72. The topological polar surface area (TPSA) is 69.7 Å². The Bertz CT molecular complexity index is 725. The van der Waals surface area contributed by atoms with Crippen LogP contribution in [0.5, 0.6) is 0 Å². The van der Waals surface area contributed by atoms with Crippen LogP contribution in [-0.2, 0) is 9.84 Å². The second kappa shape index (κ2) is 7.86. The summed E-state index contributed by atoms with van der Waals surface area (Å²) in [4.78, 5) is 16.6. The molecule has 3 rings (SSSR count). The Balaban J connectivity index is 1.60. The SMILES string of the molecule is CCN(C(=O)Nc1ccc(N2CCC(C)CC2)cc1)C1CCS(=O)(=O)C1. The van der Waals surface area contributed by atoms with Crippen LogP contribution < -0.4 is 10.2 Å². The number of hydrogen-bond acceptors (Lipinski definition) is 4. The van der Waals surface area contributed by atoms with Crippen molar-refractivity contribution in [1.29, 1.82) is 0 Å². The van der Waals surface area contributed by atoms with Crippen molar-refractivity contribution >= 4 is 27.2 Å². The van der Waals surface area contributed by atoms with Gasteiger partial charge in [0.2, 0.25) is 0 Å². The molecule has 6 nitrogen and oxygen atoms in total. The molecule has 1 atom stereocenters. The third kappa shape index (κ3) is 4.50. The molecule has 2 amide bonds. The second-order valence-electron chi connectivity index (χ2n) is 7.49. The lowest BCUT2D eigenvalue weighted by atomic mass is 9.99. The summed E-state index contributed by atoms with van der Waals surface area (Å²) in [5, 5.41) is 2.91. The number of carbonyl (C=O) groups is 1. The number of rotatable bonds is 4. The van der Waals surface area contributed by atoms with Crippen molar-refractivity contribution in [3.05, 3.63) is 24.3 Å². The van der Waals surface area contributed by atoms with Crippen LogP contribution in [0.1, 0.15) is 33.1 Å². The summed E-state index contributed by atoms with van der Waals surface area (Å²) in [6.45, 7) is 6.82. The minimum atomic E-state index is -3.01. The van der Waals surface area contributed by atoms with E-state index in [2.05, 4.69) is 17.1 Å². The third-order valence-corrected chi connectivity index (χ3v) is 7.27. The van der Waals surface area contributed by atoms with Gasteiger partial charge in [-0.1, -0.05) is 6.92 Å². The fourth-order valence-corrected chi connectivity index (χ4v) is 5.54. The molecule has 0 spiro atoms. The zero-order valence-electron chi connectivity index (χ0n) is 15.6. The van der Waals surface area contributed by atoms with Crippen LogP contribution in [0.4, 0.5) is 16.2 Å². The van der Waals surface area contributed by atoms with E-state index in [0.717, 1.165) is 24.7 Å². The summed E-state index contributed by atoms with van der Waals surface area (Å²) in [5.41, 5.74) is 1.92. The van der Waals surface area contributed by atoms with Gasteiger partial charge in [-0.25, -0.2) is 13.2 Å². The van der Waals surface area contributed by atoms with Gasteiger partial charge in [0.15, 0.2) is 9.84 Å². The van der Waals surface area contributed by atoms with E-state index in [-0.39, 0.29) is 23.6 Å². The highest BCUT2D eigenvalue weighted by molar-refractivity contribution is 7.91. The van der Waals surface area contributed by atoms with Crippen molar-refractivity contribution in [1.82, 2.24) is 4.90 Å². The smallest absolute Gasteiger partial charge is 0.322 e. The first-order valence-corrected chi connectivity index (χ1v) is 11.3. The molecule has 0 aromatic heterocycles. The van der Waals surface area contributed by atoms with Gasteiger partial charge in [-0.2, -0.15) is 0 Å². The highest BCUT2D eigenvalue weighted by Crippen LogP contribution is 2.25. The lowest BCUT2D eigenvalue weighted by Gasteiger charge is -2.32. The van der Waals surface area contributed by atoms with Crippen molar-refractivity contribution < 1.29 is 13.2 Å². The molecule has 2 heterocycles. The van der Waals surface area contributed by atoms with Gasteiger partial charge in [-0.05, 0) is 56.4 Å². The number of nitrogens with one attached hydrogen (secondary N) is 1. The van der Waals surface area contributed by atoms with Gasteiger partial charge >= 0.3 is 6.03 Å². The molecule has 1 aromatic rings. The van der Waals surface area contributed by atoms with Gasteiger partial charge in [-0.15, -0.1) is 0 Å². The average Bonchev–Trinajstić information content (AvgIpc) is 2.96. The minimum absolute atomic E-state index is 0.0700. The van der Waals surface area contributed by atoms with E-state index in [1.165, 1.54) is 18.5 Å². The summed E-state index contributed by atoms with van der Waals surface area (Å²) in [6, 6.07) is 7.48. The van der Waals surface area contributed by atoms with Crippen LogP contribution in [-0.4, -0.2) is 56.5 Å². The number of piperidine rings is 1. The molecule has 1 N–H and O–H groups in total. The molecule has 2 saturated heterocycles. The number of benzene rings is 1. The van der Waals surface area contributed by atoms with Crippen molar-refractivity contribution in [3.63, 3.8) is 0 Å². The molecule has 1 aromatic carbocycles. The van der Waals surface area contributed by atoms with E-state index < -0.39 is 9.84 Å². The van der Waals surface area contributed by atoms with Crippen LogP contribution in [0.15, 0.2) is 24.3 Å². The molecule has 0 radical (unpaired) electrons. The largest absolute Gasteiger partial charge is 0.372 e. The highest BCUT2D eigenvalue weighted by atomic mass is 32.2. The fraction of sp³-hybridized carbons (Fsp3) is 0.632. The molecule has 144 valence electrons. The van der Waals surface area contributed by atoms with Crippen molar-refractivity contribution in [2.45, 2.75) is 39.2 Å². The summed E-state index contributed by atoms with van der Waals surface area (Å²) >= 11 is 0. The standard InChI is InChI=1S/C19H29N3O3S/c1-3-22(18-10-13-26(24,25)14-18)19(23)20-16-4-6-17(7-5-16)21-11-8-15(2)9-12-21/h4-7,15,18H,3,8-14H2,1-2H3,(H,20,23). The number of sulfone groups is 1. The Labute approximate surface area is 156 Å². The Morgan fingerprint density at radius 1 is 1.19 bits per heavy atom. The summed E-state index contributed by atoms with van der Waals surface area (Å²) in [5.74, 6) is 1.04. The van der Waals surface area contributed by atoms with Crippen LogP contribution in [0, 0.1) is 5.92 Å². The van der Waals surface area contributed by atoms with Gasteiger partial charge in [-0.3, -0.25) is 0 Å². The molecule has 2 fully saturated rings. The van der Waals surface area contributed by atoms with Gasteiger partial charge in [0.05, 0.1) is 11.5 Å². The Morgan fingerprint density at radius 3 is 2.38 bits per heavy atom. The van der Waals surface area contributed by atoms with Crippen LogP contribution in [0.3, 0.4) is 0 Å². The van der Waals surface area contributed by atoms with E-state index in [4.69, 9.17) is 0 Å². The first kappa shape index (κ1) is 19.0. The lowest BCUT2D eigenvalue weighted by molar-refractivity contribution is 0.197. The number of hydrogen-bond donors (Lipinski definition) is 1. The van der Waals surface area contributed by atoms with Gasteiger partial charge in [0.1, 0.15) is 0 Å². The molecule has 0 saturated carbocycles. The molecule has 0 aliphatic carbocycles. The predicted octanol–water partition coefficient (Wildman–Crippen LogP) is 2.96. The molecule has 26 heavy (non-hydrogen) atoms. The summed E-state index contributed by atoms with van der Waals surface area (Å²) in [6.07, 6.45) is 2.96. The molecular formula is C19H29N3O3S. The quantitative estimate of drug-likeness (QED) is 0.873. The zero-order chi connectivity index (χ0) is 18.7. The lowest BCUT2D eigenvalue weighted by Crippen LogP contribution is -2.43. The highest BCUT2D eigenvalue weighted by Gasteiger charge is 2.33. The van der Waals surface area contributed by atoms with E-state index in [0.29, 0.717) is 13.0 Å². The molecule has 0 bridgehead atoms. The number of anilines is 2. The van der Waals surface area contributed by atoms with Crippen LogP contribution >= 0.6 is 0 Å². The fourth-order valence-electron chi connectivity index (χ4n) is 3.81. The summed E-state index contributed by atoms with van der Waals surface area (Å²) < 4.78 is 23.4. The maximum absolute atomic E-state index is 12.6. The third-order valence-electron chi connectivity index (χ3n) is 5.52. The predicted molar refractivity (Wildman–Crippen MR) is 106 cm³/mol. The normalized spacial score (nSPS) is 23.0.